The number of rotatable bonds is 2. The number of hydrogen-bond acceptors (Lipinski definition) is 2. The first-order valence-corrected chi connectivity index (χ1v) is 6.81. The van der Waals surface area contributed by atoms with Crippen LogP contribution >= 0.6 is 0 Å². The van der Waals surface area contributed by atoms with E-state index in [0.29, 0.717) is 10.9 Å². The Kier molecular flexibility index (Phi) is 2.76. The van der Waals surface area contributed by atoms with E-state index in [9.17, 15) is 13.4 Å². The Balaban J connectivity index is 2.14. The lowest BCUT2D eigenvalue weighted by atomic mass is 9.82. The highest BCUT2D eigenvalue weighted by atomic mass is 19.2. The predicted octanol–water partition coefficient (Wildman–Crippen LogP) is 4.35. The second kappa shape index (κ2) is 4.66. The summed E-state index contributed by atoms with van der Waals surface area (Å²) in [5.74, 6) is -0.356. The number of carbonyl (C=O) groups is 1. The van der Waals surface area contributed by atoms with Crippen LogP contribution in [-0.2, 0) is 0 Å². The van der Waals surface area contributed by atoms with Crippen molar-refractivity contribution in [3.63, 3.8) is 0 Å². The molecule has 3 aromatic rings. The van der Waals surface area contributed by atoms with Gasteiger partial charge in [-0.05, 0) is 22.6 Å². The summed E-state index contributed by atoms with van der Waals surface area (Å²) < 4.78 is 29.9. The molecular formula is C17H9BF2O2. The Hall–Kier alpha value is -2.69. The minimum atomic E-state index is -2.97. The molecule has 1 aliphatic rings. The maximum atomic E-state index is 12.8. The third-order valence-electron chi connectivity index (χ3n) is 3.91. The van der Waals surface area contributed by atoms with E-state index in [1.54, 1.807) is 18.2 Å². The fourth-order valence-electron chi connectivity index (χ4n) is 3.05. The van der Waals surface area contributed by atoms with Crippen LogP contribution in [0, 0.1) is 0 Å². The molecule has 0 aromatic heterocycles. The zero-order chi connectivity index (χ0) is 15.3. The summed E-state index contributed by atoms with van der Waals surface area (Å²) in [5, 5.41) is 1.50. The van der Waals surface area contributed by atoms with Crippen molar-refractivity contribution in [2.24, 2.45) is 0 Å². The van der Waals surface area contributed by atoms with E-state index in [0.717, 1.165) is 16.5 Å². The van der Waals surface area contributed by atoms with Crippen molar-refractivity contribution in [1.82, 2.24) is 0 Å². The molecule has 5 heteroatoms. The quantitative estimate of drug-likeness (QED) is 0.514. The molecule has 0 unspecified atom stereocenters. The lowest BCUT2D eigenvalue weighted by Gasteiger charge is -2.21. The molecule has 0 fully saturated rings. The molecule has 0 amide bonds. The van der Waals surface area contributed by atoms with Gasteiger partial charge in [0.05, 0.1) is 5.56 Å². The molecule has 0 aliphatic heterocycles. The molecule has 0 bridgehead atoms. The molecular weight excluding hydrogens is 285 g/mol. The topological polar surface area (TPSA) is 26.3 Å². The van der Waals surface area contributed by atoms with Crippen LogP contribution in [0.1, 0.15) is 15.9 Å². The largest absolute Gasteiger partial charge is 0.796 e. The summed E-state index contributed by atoms with van der Waals surface area (Å²) in [6.45, 7) is 0. The van der Waals surface area contributed by atoms with Crippen LogP contribution in [0.25, 0.3) is 21.9 Å². The van der Waals surface area contributed by atoms with Crippen LogP contribution in [0.2, 0.25) is 0 Å². The average Bonchev–Trinajstić information content (AvgIpc) is 2.52. The van der Waals surface area contributed by atoms with Crippen molar-refractivity contribution in [2.75, 3.05) is 0 Å². The number of carbonyl (C=O) groups excluding carboxylic acids is 1. The SMILES string of the molecule is O=C1c2ccccc2-c2cccc3ccc(OB(F)F)c1c23. The summed E-state index contributed by atoms with van der Waals surface area (Å²) in [4.78, 5) is 12.8. The van der Waals surface area contributed by atoms with Gasteiger partial charge in [-0.3, -0.25) is 4.79 Å². The van der Waals surface area contributed by atoms with Gasteiger partial charge in [0.1, 0.15) is 5.75 Å². The first-order chi connectivity index (χ1) is 10.7. The second-order valence-electron chi connectivity index (χ2n) is 5.10. The summed E-state index contributed by atoms with van der Waals surface area (Å²) in [7, 11) is -2.97. The van der Waals surface area contributed by atoms with Crippen molar-refractivity contribution < 1.29 is 18.1 Å². The second-order valence-corrected chi connectivity index (χ2v) is 5.10. The third-order valence-corrected chi connectivity index (χ3v) is 3.91. The molecule has 106 valence electrons. The van der Waals surface area contributed by atoms with Crippen LogP contribution in [0.15, 0.2) is 54.6 Å². The molecule has 0 spiro atoms. The Morgan fingerprint density at radius 2 is 1.55 bits per heavy atom. The lowest BCUT2D eigenvalue weighted by Crippen LogP contribution is -2.15. The van der Waals surface area contributed by atoms with E-state index >= 15 is 0 Å². The molecule has 3 aromatic carbocycles. The summed E-state index contributed by atoms with van der Waals surface area (Å²) in [5.41, 5.74) is 2.40. The molecule has 0 saturated carbocycles. The van der Waals surface area contributed by atoms with Crippen molar-refractivity contribution >= 4 is 24.0 Å². The first kappa shape index (κ1) is 13.0. The van der Waals surface area contributed by atoms with Crippen molar-refractivity contribution in [3.05, 3.63) is 65.7 Å². The standard InChI is InChI=1S/C17H9BF2O2/c19-18(20)22-14-9-8-10-4-3-7-12-11-5-1-2-6-13(11)17(21)16(14)15(10)12/h1-9H. The maximum Gasteiger partial charge on any atom is 0.796 e. The Labute approximate surface area is 125 Å². The summed E-state index contributed by atoms with van der Waals surface area (Å²) >= 11 is 0. The molecule has 0 saturated heterocycles. The Morgan fingerprint density at radius 3 is 2.32 bits per heavy atom. The van der Waals surface area contributed by atoms with Crippen molar-refractivity contribution in [3.8, 4) is 16.9 Å². The summed E-state index contributed by atoms with van der Waals surface area (Å²) in [6, 6.07) is 16.0. The zero-order valence-corrected chi connectivity index (χ0v) is 11.3. The van der Waals surface area contributed by atoms with Gasteiger partial charge in [0.2, 0.25) is 0 Å². The van der Waals surface area contributed by atoms with E-state index in [4.69, 9.17) is 0 Å². The molecule has 0 radical (unpaired) electrons. The predicted molar refractivity (Wildman–Crippen MR) is 81.4 cm³/mol. The summed E-state index contributed by atoms with van der Waals surface area (Å²) in [6.07, 6.45) is 0. The van der Waals surface area contributed by atoms with Gasteiger partial charge in [0, 0.05) is 10.9 Å². The normalized spacial score (nSPS) is 12.2. The van der Waals surface area contributed by atoms with E-state index < -0.39 is 7.47 Å². The van der Waals surface area contributed by atoms with Gasteiger partial charge in [-0.25, -0.2) is 8.63 Å². The number of benzene rings is 3. The monoisotopic (exact) mass is 294 g/mol. The number of fused-ring (bicyclic) bond motifs is 2. The molecule has 0 atom stereocenters. The molecule has 2 nitrogen and oxygen atoms in total. The highest BCUT2D eigenvalue weighted by molar-refractivity contribution is 6.36. The van der Waals surface area contributed by atoms with E-state index in [-0.39, 0.29) is 17.1 Å². The Bertz CT molecular complexity index is 922. The Morgan fingerprint density at radius 1 is 0.818 bits per heavy atom. The van der Waals surface area contributed by atoms with Crippen LogP contribution < -0.4 is 4.65 Å². The number of ketones is 1. The minimum Gasteiger partial charge on any atom is -0.505 e. The van der Waals surface area contributed by atoms with Gasteiger partial charge in [-0.1, -0.05) is 48.5 Å². The molecule has 0 N–H and O–H groups in total. The van der Waals surface area contributed by atoms with Crippen LogP contribution in [0.3, 0.4) is 0 Å². The smallest absolute Gasteiger partial charge is 0.505 e. The van der Waals surface area contributed by atoms with Crippen molar-refractivity contribution in [2.45, 2.75) is 0 Å². The number of hydrogen-bond donors (Lipinski definition) is 0. The molecule has 22 heavy (non-hydrogen) atoms. The molecule has 1 aliphatic carbocycles. The fraction of sp³-hybridized carbons (Fsp3) is 0. The zero-order valence-electron chi connectivity index (χ0n) is 11.3. The first-order valence-electron chi connectivity index (χ1n) is 6.81. The van der Waals surface area contributed by atoms with Crippen LogP contribution in [0.4, 0.5) is 8.63 Å². The molecule has 0 heterocycles. The van der Waals surface area contributed by atoms with Gasteiger partial charge < -0.3 is 4.65 Å². The maximum absolute atomic E-state index is 12.8. The van der Waals surface area contributed by atoms with Crippen molar-refractivity contribution in [1.29, 1.82) is 0 Å². The van der Waals surface area contributed by atoms with Crippen LogP contribution in [0.5, 0.6) is 5.75 Å². The van der Waals surface area contributed by atoms with Gasteiger partial charge in [-0.15, -0.1) is 0 Å². The lowest BCUT2D eigenvalue weighted by molar-refractivity contribution is 0.103. The minimum absolute atomic E-state index is 0.0746. The van der Waals surface area contributed by atoms with E-state index in [2.05, 4.69) is 4.65 Å². The third kappa shape index (κ3) is 1.75. The fourth-order valence-corrected chi connectivity index (χ4v) is 3.05. The van der Waals surface area contributed by atoms with Gasteiger partial charge in [0.25, 0.3) is 0 Å². The molecule has 4 rings (SSSR count). The number of halogens is 2. The van der Waals surface area contributed by atoms with E-state index in [1.165, 1.54) is 6.07 Å². The highest BCUT2D eigenvalue weighted by Gasteiger charge is 2.30. The van der Waals surface area contributed by atoms with Crippen LogP contribution in [-0.4, -0.2) is 13.3 Å². The van der Waals surface area contributed by atoms with E-state index in [1.807, 2.05) is 30.3 Å². The average molecular weight is 294 g/mol. The van der Waals surface area contributed by atoms with Gasteiger partial charge in [-0.2, -0.15) is 0 Å². The highest BCUT2D eigenvalue weighted by Crippen LogP contribution is 2.42. The van der Waals surface area contributed by atoms with Gasteiger partial charge in [0.15, 0.2) is 5.78 Å². The van der Waals surface area contributed by atoms with Gasteiger partial charge >= 0.3 is 7.47 Å².